The van der Waals surface area contributed by atoms with Gasteiger partial charge in [0.1, 0.15) is 16.8 Å². The molecule has 5 aromatic carbocycles. The van der Waals surface area contributed by atoms with Gasteiger partial charge >= 0.3 is 0 Å². The number of hydrogen-bond donors (Lipinski definition) is 0. The van der Waals surface area contributed by atoms with Crippen LogP contribution in [0.5, 0.6) is 0 Å². The van der Waals surface area contributed by atoms with Crippen molar-refractivity contribution in [3.63, 3.8) is 0 Å². The summed E-state index contributed by atoms with van der Waals surface area (Å²) in [5.41, 5.74) is 14.9. The Balaban J connectivity index is 1.47. The number of benzene rings is 5. The van der Waals surface area contributed by atoms with E-state index in [1.54, 1.807) is 0 Å². The molecule has 0 atom stereocenters. The maximum Gasteiger partial charge on any atom is 0.299 e. The molecule has 250 valence electrons. The molecule has 0 aliphatic heterocycles. The van der Waals surface area contributed by atoms with Crippen molar-refractivity contribution in [3.05, 3.63) is 125 Å². The van der Waals surface area contributed by atoms with Crippen LogP contribution in [0, 0.1) is 6.92 Å². The lowest BCUT2D eigenvalue weighted by molar-refractivity contribution is -0.633. The molecule has 3 heterocycles. The zero-order valence-corrected chi connectivity index (χ0v) is 30.7. The van der Waals surface area contributed by atoms with E-state index < -0.39 is 0 Å². The van der Waals surface area contributed by atoms with Crippen molar-refractivity contribution in [3.8, 4) is 28.3 Å². The van der Waals surface area contributed by atoms with Crippen molar-refractivity contribution in [1.82, 2.24) is 9.55 Å². The molecule has 0 aliphatic carbocycles. The summed E-state index contributed by atoms with van der Waals surface area (Å²) in [5, 5.41) is 3.24. The molecule has 0 radical (unpaired) electrons. The molecule has 8 rings (SSSR count). The third kappa shape index (κ3) is 4.95. The van der Waals surface area contributed by atoms with Crippen LogP contribution in [0.3, 0.4) is 0 Å². The van der Waals surface area contributed by atoms with E-state index in [0.29, 0.717) is 11.8 Å². The summed E-state index contributed by atoms with van der Waals surface area (Å²) in [6, 6.07) is 37.2. The van der Waals surface area contributed by atoms with E-state index in [4.69, 9.17) is 9.40 Å². The third-order valence-corrected chi connectivity index (χ3v) is 10.5. The number of furan rings is 1. The second kappa shape index (κ2) is 11.7. The molecular weight excluding hydrogens is 611 g/mol. The summed E-state index contributed by atoms with van der Waals surface area (Å²) < 4.78 is 12.0. The number of fused-ring (bicyclic) bond motifs is 6. The molecule has 50 heavy (non-hydrogen) atoms. The largest absolute Gasteiger partial charge is 0.454 e. The van der Waals surface area contributed by atoms with Crippen molar-refractivity contribution in [2.24, 2.45) is 7.05 Å². The van der Waals surface area contributed by atoms with Crippen molar-refractivity contribution < 1.29 is 8.98 Å². The molecule has 0 unspecified atom stereocenters. The molecule has 0 aliphatic rings. The number of rotatable bonds is 5. The van der Waals surface area contributed by atoms with Crippen LogP contribution in [-0.4, -0.2) is 9.55 Å². The first kappa shape index (κ1) is 32.0. The van der Waals surface area contributed by atoms with E-state index in [2.05, 4.69) is 169 Å². The van der Waals surface area contributed by atoms with E-state index in [1.165, 1.54) is 39.0 Å². The molecule has 0 N–H and O–H groups in total. The van der Waals surface area contributed by atoms with Crippen LogP contribution in [0.1, 0.15) is 82.6 Å². The van der Waals surface area contributed by atoms with Gasteiger partial charge in [0.25, 0.3) is 5.82 Å². The molecule has 4 nitrogen and oxygen atoms in total. The van der Waals surface area contributed by atoms with Gasteiger partial charge in [-0.2, -0.15) is 4.57 Å². The number of hydrogen-bond acceptors (Lipinski definition) is 2. The van der Waals surface area contributed by atoms with Gasteiger partial charge in [0, 0.05) is 32.8 Å². The predicted octanol–water partition coefficient (Wildman–Crippen LogP) is 12.1. The smallest absolute Gasteiger partial charge is 0.299 e. The lowest BCUT2D eigenvalue weighted by Crippen LogP contribution is -2.30. The average Bonchev–Trinajstić information content (AvgIpc) is 3.62. The molecule has 3 aromatic heterocycles. The first-order chi connectivity index (χ1) is 23.9. The zero-order chi connectivity index (χ0) is 35.1. The van der Waals surface area contributed by atoms with Crippen molar-refractivity contribution in [2.75, 3.05) is 0 Å². The van der Waals surface area contributed by atoms with Crippen LogP contribution in [0.25, 0.3) is 72.2 Å². The molecule has 0 saturated heterocycles. The van der Waals surface area contributed by atoms with Crippen LogP contribution in [0.4, 0.5) is 0 Å². The van der Waals surface area contributed by atoms with Gasteiger partial charge in [-0.25, -0.2) is 9.55 Å². The highest BCUT2D eigenvalue weighted by Gasteiger charge is 2.34. The molecule has 4 heteroatoms. The number of nitrogens with zero attached hydrogens (tertiary/aromatic N) is 3. The van der Waals surface area contributed by atoms with Crippen LogP contribution in [-0.2, 0) is 12.5 Å². The Labute approximate surface area is 295 Å². The highest BCUT2D eigenvalue weighted by Crippen LogP contribution is 2.44. The Morgan fingerprint density at radius 2 is 1.32 bits per heavy atom. The molecule has 0 spiro atoms. The summed E-state index contributed by atoms with van der Waals surface area (Å²) in [7, 11) is 2.20. The maximum atomic E-state index is 7.07. The van der Waals surface area contributed by atoms with E-state index in [9.17, 15) is 0 Å². The van der Waals surface area contributed by atoms with Crippen LogP contribution >= 0.6 is 0 Å². The van der Waals surface area contributed by atoms with E-state index in [-0.39, 0.29) is 5.41 Å². The summed E-state index contributed by atoms with van der Waals surface area (Å²) in [4.78, 5) is 5.07. The lowest BCUT2D eigenvalue weighted by atomic mass is 9.81. The quantitative estimate of drug-likeness (QED) is 0.173. The van der Waals surface area contributed by atoms with Crippen LogP contribution < -0.4 is 4.57 Å². The molecule has 0 fully saturated rings. The average molecular weight is 657 g/mol. The number of para-hydroxylation sites is 2. The highest BCUT2D eigenvalue weighted by atomic mass is 16.3. The Kier molecular flexibility index (Phi) is 7.49. The van der Waals surface area contributed by atoms with Gasteiger partial charge < -0.3 is 4.42 Å². The van der Waals surface area contributed by atoms with Gasteiger partial charge in [-0.1, -0.05) is 115 Å². The summed E-state index contributed by atoms with van der Waals surface area (Å²) in [5.74, 6) is 1.77. The normalized spacial score (nSPS) is 12.5. The van der Waals surface area contributed by atoms with Gasteiger partial charge in [0.2, 0.25) is 0 Å². The standard InChI is InChI=1S/C46H46N3O/c1-27(2)35-25-31(46(6,7)8)26-36(28(3)4)42(35)49-40-18-14-13-17-39(40)48(9)45(49)41-29(5)19-20-33-32-21-24-38-34(43(32)50-44(33)41)22-23-37(47-38)30-15-11-10-12-16-30/h10-28H,1-9H3/q+1. The minimum absolute atomic E-state index is 0.0357. The van der Waals surface area contributed by atoms with Crippen LogP contribution in [0.2, 0.25) is 0 Å². The number of aryl methyl sites for hydroxylation is 2. The fourth-order valence-electron chi connectivity index (χ4n) is 7.72. The fraction of sp³-hybridized carbons (Fsp3) is 0.261. The van der Waals surface area contributed by atoms with Crippen molar-refractivity contribution in [2.45, 2.75) is 72.6 Å². The minimum atomic E-state index is 0.0357. The molecule has 0 bridgehead atoms. The fourth-order valence-corrected chi connectivity index (χ4v) is 7.72. The summed E-state index contributed by atoms with van der Waals surface area (Å²) in [6.45, 7) is 18.5. The predicted molar refractivity (Wildman–Crippen MR) is 210 cm³/mol. The number of aromatic nitrogens is 3. The summed E-state index contributed by atoms with van der Waals surface area (Å²) in [6.07, 6.45) is 0. The van der Waals surface area contributed by atoms with E-state index in [0.717, 1.165) is 55.5 Å². The Morgan fingerprint density at radius 3 is 2.00 bits per heavy atom. The summed E-state index contributed by atoms with van der Waals surface area (Å²) >= 11 is 0. The Hall–Kier alpha value is -5.22. The van der Waals surface area contributed by atoms with Gasteiger partial charge in [0.05, 0.1) is 18.3 Å². The van der Waals surface area contributed by atoms with Gasteiger partial charge in [-0.3, -0.25) is 0 Å². The number of imidazole rings is 1. The second-order valence-corrected chi connectivity index (χ2v) is 15.6. The van der Waals surface area contributed by atoms with Gasteiger partial charge in [-0.05, 0) is 71.7 Å². The Bertz CT molecular complexity index is 2560. The minimum Gasteiger partial charge on any atom is -0.454 e. The second-order valence-electron chi connectivity index (χ2n) is 15.6. The zero-order valence-electron chi connectivity index (χ0n) is 30.7. The molecule has 0 saturated carbocycles. The molecular formula is C46H46N3O+. The number of pyridine rings is 1. The van der Waals surface area contributed by atoms with Gasteiger partial charge in [0.15, 0.2) is 16.6 Å². The molecule has 8 aromatic rings. The third-order valence-electron chi connectivity index (χ3n) is 10.5. The molecule has 0 amide bonds. The maximum absolute atomic E-state index is 7.07. The van der Waals surface area contributed by atoms with Crippen molar-refractivity contribution in [1.29, 1.82) is 0 Å². The lowest BCUT2D eigenvalue weighted by Gasteiger charge is -2.26. The monoisotopic (exact) mass is 656 g/mol. The van der Waals surface area contributed by atoms with Gasteiger partial charge in [-0.15, -0.1) is 0 Å². The topological polar surface area (TPSA) is 34.8 Å². The van der Waals surface area contributed by atoms with E-state index >= 15 is 0 Å². The SMILES string of the molecule is Cc1ccc2c(oc3c4ccc(-c5ccccc5)nc4ccc23)c1-c1n(-c2c(C(C)C)cc(C(C)(C)C)cc2C(C)C)c2ccccc2[n+]1C. The van der Waals surface area contributed by atoms with E-state index in [1.807, 2.05) is 6.07 Å². The Morgan fingerprint density at radius 1 is 0.700 bits per heavy atom. The first-order valence-electron chi connectivity index (χ1n) is 17.9. The highest BCUT2D eigenvalue weighted by molar-refractivity contribution is 6.17. The van der Waals surface area contributed by atoms with Crippen LogP contribution in [0.15, 0.2) is 108 Å². The first-order valence-corrected chi connectivity index (χ1v) is 17.9. The van der Waals surface area contributed by atoms with Crippen molar-refractivity contribution >= 4 is 43.9 Å².